The van der Waals surface area contributed by atoms with Crippen LogP contribution in [0.1, 0.15) is 24.0 Å². The highest BCUT2D eigenvalue weighted by atomic mass is 32.2. The molecule has 1 saturated carbocycles. The highest BCUT2D eigenvalue weighted by molar-refractivity contribution is 7.87. The molecule has 2 bridgehead atoms. The molecule has 3 atom stereocenters. The Morgan fingerprint density at radius 2 is 1.83 bits per heavy atom. The Kier molecular flexibility index (Phi) is 5.33. The third kappa shape index (κ3) is 3.93. The summed E-state index contributed by atoms with van der Waals surface area (Å²) in [4.78, 5) is 4.19. The largest absolute Gasteiger partial charge is 0.402 e. The summed E-state index contributed by atoms with van der Waals surface area (Å²) in [6.45, 7) is -1.60. The van der Waals surface area contributed by atoms with Crippen molar-refractivity contribution in [2.75, 3.05) is 13.1 Å². The summed E-state index contributed by atoms with van der Waals surface area (Å²) in [5.74, 6) is -0.115. The summed E-state index contributed by atoms with van der Waals surface area (Å²) < 4.78 is 69.8. The standard InChI is InChI=1S/C25H26F3N5O2S/c1-32-23(18-3-2-8-29-13-18)12-22(30-32)17-5-4-16-10-20-6-7-21(11-19(16)9-17)24(20)14-33(15-25(26,27)28)36(34,35)31-24/h2-5,8-9,12-13,20-21,31H,6-7,10-11,14-15H2,1H3/t20-,21+,24+/m0/s1. The summed E-state index contributed by atoms with van der Waals surface area (Å²) >= 11 is 0. The number of rotatable bonds is 3. The van der Waals surface area contributed by atoms with Gasteiger partial charge in [-0.2, -0.15) is 35.7 Å². The summed E-state index contributed by atoms with van der Waals surface area (Å²) in [5.41, 5.74) is 5.05. The van der Waals surface area contributed by atoms with E-state index < -0.39 is 28.5 Å². The van der Waals surface area contributed by atoms with Gasteiger partial charge < -0.3 is 0 Å². The van der Waals surface area contributed by atoms with Crippen LogP contribution in [0.2, 0.25) is 0 Å². The molecule has 11 heteroatoms. The van der Waals surface area contributed by atoms with Crippen molar-refractivity contribution < 1.29 is 21.6 Å². The van der Waals surface area contributed by atoms with Crippen LogP contribution in [-0.4, -0.2) is 52.3 Å². The fourth-order valence-corrected chi connectivity index (χ4v) is 8.10. The van der Waals surface area contributed by atoms with Crippen LogP contribution in [0.25, 0.3) is 22.5 Å². The second kappa shape index (κ2) is 8.12. The summed E-state index contributed by atoms with van der Waals surface area (Å²) in [6.07, 6.45) is 1.76. The van der Waals surface area contributed by atoms with E-state index in [1.807, 2.05) is 36.0 Å². The van der Waals surface area contributed by atoms with Crippen molar-refractivity contribution >= 4 is 10.2 Å². The van der Waals surface area contributed by atoms with Crippen LogP contribution < -0.4 is 4.72 Å². The summed E-state index contributed by atoms with van der Waals surface area (Å²) in [5, 5.41) is 4.70. The van der Waals surface area contributed by atoms with E-state index in [1.165, 1.54) is 0 Å². The Hall–Kier alpha value is -2.76. The van der Waals surface area contributed by atoms with Gasteiger partial charge in [0, 0.05) is 37.1 Å². The first-order valence-electron chi connectivity index (χ1n) is 12.0. The van der Waals surface area contributed by atoms with Crippen molar-refractivity contribution in [3.63, 3.8) is 0 Å². The predicted molar refractivity (Wildman–Crippen MR) is 128 cm³/mol. The molecule has 2 aliphatic carbocycles. The molecular formula is C25H26F3N5O2S. The van der Waals surface area contributed by atoms with Gasteiger partial charge in [-0.05, 0) is 72.9 Å². The second-order valence-corrected chi connectivity index (χ2v) is 11.8. The molecule has 2 fully saturated rings. The second-order valence-electron chi connectivity index (χ2n) is 10.2. The molecule has 1 aromatic carbocycles. The number of alkyl halides is 3. The maximum absolute atomic E-state index is 13.1. The lowest BCUT2D eigenvalue weighted by Gasteiger charge is -2.33. The van der Waals surface area contributed by atoms with Crippen LogP contribution in [0.15, 0.2) is 48.8 Å². The molecule has 0 unspecified atom stereocenters. The predicted octanol–water partition coefficient (Wildman–Crippen LogP) is 3.73. The van der Waals surface area contributed by atoms with Gasteiger partial charge in [-0.25, -0.2) is 0 Å². The molecule has 36 heavy (non-hydrogen) atoms. The zero-order chi connectivity index (χ0) is 25.3. The van der Waals surface area contributed by atoms with Crippen molar-refractivity contribution in [2.45, 2.75) is 37.4 Å². The van der Waals surface area contributed by atoms with Gasteiger partial charge >= 0.3 is 6.18 Å². The number of nitrogens with one attached hydrogen (secondary N) is 1. The van der Waals surface area contributed by atoms with Crippen molar-refractivity contribution in [3.05, 3.63) is 59.9 Å². The van der Waals surface area contributed by atoms with Gasteiger partial charge in [-0.3, -0.25) is 9.67 Å². The lowest BCUT2D eigenvalue weighted by Crippen LogP contribution is -2.52. The summed E-state index contributed by atoms with van der Waals surface area (Å²) in [7, 11) is -2.31. The maximum atomic E-state index is 13.1. The van der Waals surface area contributed by atoms with Crippen LogP contribution >= 0.6 is 0 Å². The summed E-state index contributed by atoms with van der Waals surface area (Å²) in [6, 6.07) is 12.1. The van der Waals surface area contributed by atoms with E-state index in [-0.39, 0.29) is 18.4 Å². The Balaban J connectivity index is 1.31. The van der Waals surface area contributed by atoms with Crippen molar-refractivity contribution in [2.24, 2.45) is 18.9 Å². The molecule has 6 rings (SSSR count). The van der Waals surface area contributed by atoms with Gasteiger partial charge in [0.2, 0.25) is 0 Å². The van der Waals surface area contributed by atoms with E-state index >= 15 is 0 Å². The van der Waals surface area contributed by atoms with Crippen molar-refractivity contribution in [3.8, 4) is 22.5 Å². The van der Waals surface area contributed by atoms with Crippen LogP contribution in [0.4, 0.5) is 13.2 Å². The van der Waals surface area contributed by atoms with Gasteiger partial charge in [0.1, 0.15) is 6.54 Å². The molecule has 7 nitrogen and oxygen atoms in total. The lowest BCUT2D eigenvalue weighted by molar-refractivity contribution is -0.136. The third-order valence-corrected chi connectivity index (χ3v) is 9.62. The number of aryl methyl sites for hydroxylation is 1. The number of hydrogen-bond donors (Lipinski definition) is 1. The molecule has 1 N–H and O–H groups in total. The number of pyridine rings is 1. The van der Waals surface area contributed by atoms with Crippen LogP contribution in [0.5, 0.6) is 0 Å². The van der Waals surface area contributed by atoms with Crippen molar-refractivity contribution in [1.82, 2.24) is 23.8 Å². The van der Waals surface area contributed by atoms with Gasteiger partial charge in [-0.1, -0.05) is 12.1 Å². The number of nitrogens with zero attached hydrogens (tertiary/aromatic N) is 4. The molecule has 0 radical (unpaired) electrons. The van der Waals surface area contributed by atoms with Gasteiger partial charge in [0.25, 0.3) is 10.2 Å². The minimum absolute atomic E-state index is 0.0466. The Bertz CT molecular complexity index is 1420. The smallest absolute Gasteiger partial charge is 0.267 e. The van der Waals surface area contributed by atoms with Gasteiger partial charge in [0.15, 0.2) is 0 Å². The molecule has 1 saturated heterocycles. The van der Waals surface area contributed by atoms with Gasteiger partial charge in [0.05, 0.1) is 16.9 Å². The molecule has 0 amide bonds. The zero-order valence-corrected chi connectivity index (χ0v) is 20.5. The van der Waals surface area contributed by atoms with E-state index in [9.17, 15) is 21.6 Å². The number of halogens is 3. The Morgan fingerprint density at radius 3 is 2.53 bits per heavy atom. The van der Waals surface area contributed by atoms with Crippen LogP contribution in [-0.2, 0) is 30.1 Å². The third-order valence-electron chi connectivity index (χ3n) is 8.04. The number of benzene rings is 1. The van der Waals surface area contributed by atoms with E-state index in [0.717, 1.165) is 46.5 Å². The van der Waals surface area contributed by atoms with E-state index in [2.05, 4.69) is 21.8 Å². The fourth-order valence-electron chi connectivity index (χ4n) is 6.40. The highest BCUT2D eigenvalue weighted by Crippen LogP contribution is 2.50. The highest BCUT2D eigenvalue weighted by Gasteiger charge is 2.60. The minimum atomic E-state index is -4.58. The van der Waals surface area contributed by atoms with E-state index in [4.69, 9.17) is 5.10 Å². The zero-order valence-electron chi connectivity index (χ0n) is 19.7. The quantitative estimate of drug-likeness (QED) is 0.574. The first-order chi connectivity index (χ1) is 17.0. The molecule has 3 aliphatic rings. The minimum Gasteiger partial charge on any atom is -0.267 e. The van der Waals surface area contributed by atoms with E-state index in [0.29, 0.717) is 17.1 Å². The SMILES string of the molecule is Cn1nc(-c2ccc3c(c2)C[C@H]2CC[C@@H](C3)[C@]23CN(CC(F)(F)F)S(=O)(=O)N3)cc1-c1cccnc1. The molecule has 1 spiro atoms. The van der Waals surface area contributed by atoms with Crippen LogP contribution in [0, 0.1) is 11.8 Å². The van der Waals surface area contributed by atoms with Crippen molar-refractivity contribution in [1.29, 1.82) is 0 Å². The average Bonchev–Trinajstić information content (AvgIpc) is 3.38. The molecule has 3 heterocycles. The molecule has 1 aliphatic heterocycles. The number of fused-ring (bicyclic) bond motifs is 1. The first kappa shape index (κ1) is 23.6. The Morgan fingerprint density at radius 1 is 1.08 bits per heavy atom. The molecular weight excluding hydrogens is 491 g/mol. The van der Waals surface area contributed by atoms with E-state index in [1.54, 1.807) is 12.4 Å². The first-order valence-corrected chi connectivity index (χ1v) is 13.4. The Labute approximate surface area is 207 Å². The maximum Gasteiger partial charge on any atom is 0.402 e. The number of hydrogen-bond acceptors (Lipinski definition) is 4. The average molecular weight is 518 g/mol. The fraction of sp³-hybridized carbons (Fsp3) is 0.440. The topological polar surface area (TPSA) is 80.1 Å². The number of aromatic nitrogens is 3. The molecule has 190 valence electrons. The van der Waals surface area contributed by atoms with Gasteiger partial charge in [-0.15, -0.1) is 0 Å². The molecule has 3 aromatic rings. The molecule has 2 aromatic heterocycles. The van der Waals surface area contributed by atoms with Crippen LogP contribution in [0.3, 0.4) is 0 Å². The monoisotopic (exact) mass is 517 g/mol. The lowest BCUT2D eigenvalue weighted by atomic mass is 9.79. The normalized spacial score (nSPS) is 27.3.